The van der Waals surface area contributed by atoms with Crippen molar-refractivity contribution in [2.24, 2.45) is 0 Å². The van der Waals surface area contributed by atoms with E-state index in [1.165, 1.54) is 18.5 Å². The molecule has 0 spiro atoms. The van der Waals surface area contributed by atoms with Crippen molar-refractivity contribution in [1.82, 2.24) is 19.9 Å². The number of benzene rings is 1. The molecule has 116 valence electrons. The molecule has 0 atom stereocenters. The predicted octanol–water partition coefficient (Wildman–Crippen LogP) is 0.470. The summed E-state index contributed by atoms with van der Waals surface area (Å²) in [6, 6.07) is 5.99. The quantitative estimate of drug-likeness (QED) is 0.474. The molecule has 0 radical (unpaired) electrons. The molecule has 10 heteroatoms. The number of nitrogens with zero attached hydrogens (tertiary/aromatic N) is 2. The fourth-order valence-corrected chi connectivity index (χ4v) is 2.05. The van der Waals surface area contributed by atoms with Gasteiger partial charge in [-0.05, 0) is 19.1 Å². The number of aryl methyl sites for hydroxylation is 1. The Morgan fingerprint density at radius 3 is 2.45 bits per heavy atom. The average Bonchev–Trinajstić information content (AvgIpc) is 2.87. The summed E-state index contributed by atoms with van der Waals surface area (Å²) in [7, 11) is -4.02. The lowest BCUT2D eigenvalue weighted by molar-refractivity contribution is 0.483. The van der Waals surface area contributed by atoms with Crippen LogP contribution < -0.4 is 11.3 Å². The maximum atomic E-state index is 11.0. The first-order valence-electron chi connectivity index (χ1n) is 6.00. The van der Waals surface area contributed by atoms with Crippen LogP contribution in [0.1, 0.15) is 5.56 Å². The van der Waals surface area contributed by atoms with Gasteiger partial charge in [-0.2, -0.15) is 13.4 Å². The molecular formula is C12H13N5O4S. The second kappa shape index (κ2) is 5.95. The number of hydrogen-bond donors (Lipinski definition) is 4. The van der Waals surface area contributed by atoms with Crippen LogP contribution in [0.2, 0.25) is 0 Å². The van der Waals surface area contributed by atoms with E-state index in [-0.39, 0.29) is 21.9 Å². The van der Waals surface area contributed by atoms with Gasteiger partial charge in [-0.3, -0.25) is 14.3 Å². The van der Waals surface area contributed by atoms with Crippen LogP contribution in [0.3, 0.4) is 0 Å². The van der Waals surface area contributed by atoms with E-state index in [1.54, 1.807) is 12.1 Å². The summed E-state index contributed by atoms with van der Waals surface area (Å²) in [5.74, 6) is 0.0896. The van der Waals surface area contributed by atoms with Gasteiger partial charge in [-0.25, -0.2) is 4.98 Å². The molecule has 0 aliphatic heterocycles. The van der Waals surface area contributed by atoms with Crippen molar-refractivity contribution in [3.8, 4) is 0 Å². The molecule has 0 saturated carbocycles. The topological polar surface area (TPSA) is 155 Å². The summed E-state index contributed by atoms with van der Waals surface area (Å²) >= 11 is 0. The average molecular weight is 323 g/mol. The maximum absolute atomic E-state index is 11.0. The van der Waals surface area contributed by atoms with E-state index in [1.807, 2.05) is 6.92 Å². The number of rotatable bonds is 1. The molecule has 0 saturated heterocycles. The van der Waals surface area contributed by atoms with Crippen LogP contribution in [0.15, 0.2) is 40.3 Å². The third-order valence-corrected chi connectivity index (χ3v) is 3.49. The van der Waals surface area contributed by atoms with Crippen molar-refractivity contribution in [3.63, 3.8) is 0 Å². The van der Waals surface area contributed by atoms with Crippen molar-refractivity contribution in [3.05, 3.63) is 46.5 Å². The van der Waals surface area contributed by atoms with Crippen molar-refractivity contribution < 1.29 is 13.0 Å². The Morgan fingerprint density at radius 1 is 1.23 bits per heavy atom. The molecule has 0 aliphatic carbocycles. The van der Waals surface area contributed by atoms with Gasteiger partial charge in [0.15, 0.2) is 11.2 Å². The van der Waals surface area contributed by atoms with E-state index in [0.29, 0.717) is 5.65 Å². The van der Waals surface area contributed by atoms with Gasteiger partial charge >= 0.3 is 0 Å². The number of anilines is 1. The zero-order valence-electron chi connectivity index (χ0n) is 11.4. The fourth-order valence-electron chi connectivity index (χ4n) is 1.57. The summed E-state index contributed by atoms with van der Waals surface area (Å²) in [5, 5.41) is 0. The zero-order valence-corrected chi connectivity index (χ0v) is 12.3. The molecule has 3 aromatic rings. The van der Waals surface area contributed by atoms with E-state index in [0.717, 1.165) is 5.56 Å². The number of fused-ring (bicyclic) bond motifs is 1. The van der Waals surface area contributed by atoms with Crippen LogP contribution in [0, 0.1) is 6.92 Å². The highest BCUT2D eigenvalue weighted by Crippen LogP contribution is 2.08. The molecule has 0 amide bonds. The van der Waals surface area contributed by atoms with Gasteiger partial charge in [-0.15, -0.1) is 0 Å². The highest BCUT2D eigenvalue weighted by Gasteiger charge is 2.06. The molecule has 9 nitrogen and oxygen atoms in total. The highest BCUT2D eigenvalue weighted by atomic mass is 32.2. The minimum Gasteiger partial charge on any atom is -0.369 e. The maximum Gasteiger partial charge on any atom is 0.294 e. The highest BCUT2D eigenvalue weighted by molar-refractivity contribution is 7.85. The molecule has 2 heterocycles. The fraction of sp³-hybridized carbons (Fsp3) is 0.0833. The molecule has 0 fully saturated rings. The van der Waals surface area contributed by atoms with Gasteiger partial charge < -0.3 is 10.7 Å². The summed E-state index contributed by atoms with van der Waals surface area (Å²) in [6.07, 6.45) is 1.40. The Labute approximate surface area is 125 Å². The van der Waals surface area contributed by atoms with E-state index < -0.39 is 10.1 Å². The summed E-state index contributed by atoms with van der Waals surface area (Å²) in [5.41, 5.74) is 6.59. The molecule has 0 unspecified atom stereocenters. The standard InChI is InChI=1S/C7H8O3S.C5H5N5O/c1-6-2-4-7(5-3-6)11(8,9)10;6-5-9-3-2(4(11)10-5)7-1-8-3/h2-5H,1H3,(H,8,9,10);1H,(H4,6,7,8,9,10,11). The Morgan fingerprint density at radius 2 is 1.86 bits per heavy atom. The number of nitrogens with two attached hydrogens (primary N) is 1. The lowest BCUT2D eigenvalue weighted by atomic mass is 10.2. The van der Waals surface area contributed by atoms with Gasteiger partial charge in [0.1, 0.15) is 0 Å². The summed E-state index contributed by atoms with van der Waals surface area (Å²) in [6.45, 7) is 1.84. The van der Waals surface area contributed by atoms with Crippen molar-refractivity contribution in [2.45, 2.75) is 11.8 Å². The SMILES string of the molecule is Cc1ccc(S(=O)(=O)O)cc1.Nc1nc2[nH]cnc2c(=O)[nH]1. The number of H-pyrrole nitrogens is 2. The van der Waals surface area contributed by atoms with Gasteiger partial charge in [0.05, 0.1) is 11.2 Å². The van der Waals surface area contributed by atoms with Gasteiger partial charge in [0.2, 0.25) is 5.95 Å². The van der Waals surface area contributed by atoms with Gasteiger partial charge in [0, 0.05) is 0 Å². The predicted molar refractivity (Wildman–Crippen MR) is 79.9 cm³/mol. The third kappa shape index (κ3) is 3.68. The van der Waals surface area contributed by atoms with Crippen LogP contribution >= 0.6 is 0 Å². The van der Waals surface area contributed by atoms with E-state index in [2.05, 4.69) is 19.9 Å². The normalized spacial score (nSPS) is 11.0. The number of hydrogen-bond acceptors (Lipinski definition) is 6. The molecule has 22 heavy (non-hydrogen) atoms. The smallest absolute Gasteiger partial charge is 0.294 e. The summed E-state index contributed by atoms with van der Waals surface area (Å²) in [4.78, 5) is 23.5. The third-order valence-electron chi connectivity index (χ3n) is 2.63. The van der Waals surface area contributed by atoms with Crippen molar-refractivity contribution >= 4 is 27.2 Å². The first-order chi connectivity index (χ1) is 10.3. The lowest BCUT2D eigenvalue weighted by Crippen LogP contribution is -2.10. The van der Waals surface area contributed by atoms with Crippen LogP contribution in [-0.2, 0) is 10.1 Å². The van der Waals surface area contributed by atoms with Crippen LogP contribution in [0.4, 0.5) is 5.95 Å². The first-order valence-corrected chi connectivity index (χ1v) is 7.44. The first kappa shape index (κ1) is 15.7. The Balaban J connectivity index is 0.000000160. The molecule has 0 bridgehead atoms. The van der Waals surface area contributed by atoms with Crippen LogP contribution in [0.5, 0.6) is 0 Å². The minimum absolute atomic E-state index is 0.0666. The zero-order chi connectivity index (χ0) is 16.3. The van der Waals surface area contributed by atoms with Gasteiger partial charge in [-0.1, -0.05) is 17.7 Å². The van der Waals surface area contributed by atoms with Crippen molar-refractivity contribution in [2.75, 3.05) is 5.73 Å². The van der Waals surface area contributed by atoms with Crippen LogP contribution in [-0.4, -0.2) is 32.9 Å². The number of nitrogens with one attached hydrogen (secondary N) is 2. The second-order valence-corrected chi connectivity index (χ2v) is 5.76. The van der Waals surface area contributed by atoms with Crippen LogP contribution in [0.25, 0.3) is 11.2 Å². The van der Waals surface area contributed by atoms with E-state index in [4.69, 9.17) is 10.3 Å². The Kier molecular flexibility index (Phi) is 4.24. The molecular weight excluding hydrogens is 310 g/mol. The number of aromatic amines is 2. The molecule has 3 rings (SSSR count). The minimum atomic E-state index is -4.02. The number of aromatic nitrogens is 4. The lowest BCUT2D eigenvalue weighted by Gasteiger charge is -1.95. The molecule has 1 aromatic carbocycles. The molecule has 0 aliphatic rings. The molecule has 5 N–H and O–H groups in total. The van der Waals surface area contributed by atoms with Gasteiger partial charge in [0.25, 0.3) is 15.7 Å². The molecule has 2 aromatic heterocycles. The Hall–Kier alpha value is -2.72. The number of nitrogen functional groups attached to an aromatic ring is 1. The van der Waals surface area contributed by atoms with E-state index >= 15 is 0 Å². The van der Waals surface area contributed by atoms with Crippen molar-refractivity contribution in [1.29, 1.82) is 0 Å². The number of imidazole rings is 1. The Bertz CT molecular complexity index is 944. The summed E-state index contributed by atoms with van der Waals surface area (Å²) < 4.78 is 29.6. The van der Waals surface area contributed by atoms with E-state index in [9.17, 15) is 13.2 Å². The largest absolute Gasteiger partial charge is 0.369 e. The monoisotopic (exact) mass is 323 g/mol. The second-order valence-electron chi connectivity index (χ2n) is 4.34.